The van der Waals surface area contributed by atoms with Crippen molar-refractivity contribution in [1.29, 1.82) is 0 Å². The molecule has 2 heterocycles. The van der Waals surface area contributed by atoms with Crippen LogP contribution in [0.1, 0.15) is 10.4 Å². The van der Waals surface area contributed by atoms with Crippen LogP contribution in [0.3, 0.4) is 0 Å². The second-order valence-electron chi connectivity index (χ2n) is 3.27. The van der Waals surface area contributed by atoms with E-state index < -0.39 is 0 Å². The van der Waals surface area contributed by atoms with Gasteiger partial charge in [-0.25, -0.2) is 0 Å². The van der Waals surface area contributed by atoms with E-state index in [1.165, 1.54) is 10.4 Å². The van der Waals surface area contributed by atoms with Gasteiger partial charge in [0.15, 0.2) is 0 Å². The molecule has 0 radical (unpaired) electrons. The smallest absolute Gasteiger partial charge is 0.0548 e. The summed E-state index contributed by atoms with van der Waals surface area (Å²) < 4.78 is 0. The Kier molecular flexibility index (Phi) is 2.57. The monoisotopic (exact) mass is 223 g/mol. The summed E-state index contributed by atoms with van der Waals surface area (Å²) in [5, 5.41) is 0.839. The van der Waals surface area contributed by atoms with Gasteiger partial charge in [0.25, 0.3) is 0 Å². The summed E-state index contributed by atoms with van der Waals surface area (Å²) in [5.41, 5.74) is 2.31. The van der Waals surface area contributed by atoms with E-state index in [4.69, 9.17) is 11.6 Å². The summed E-state index contributed by atoms with van der Waals surface area (Å²) in [4.78, 5) is 6.50. The molecule has 72 valence electrons. The summed E-state index contributed by atoms with van der Waals surface area (Å²) in [6.07, 6.45) is 3.72. The Morgan fingerprint density at radius 1 is 1.21 bits per heavy atom. The van der Waals surface area contributed by atoms with E-state index in [0.29, 0.717) is 0 Å². The molecule has 2 rings (SSSR count). The van der Waals surface area contributed by atoms with Gasteiger partial charge in [0.05, 0.1) is 5.02 Å². The molecular formula is C11H10ClNS. The van der Waals surface area contributed by atoms with Crippen molar-refractivity contribution >= 4 is 22.9 Å². The lowest BCUT2D eigenvalue weighted by molar-refractivity contribution is 1.27. The van der Waals surface area contributed by atoms with Crippen LogP contribution in [0.4, 0.5) is 0 Å². The zero-order chi connectivity index (χ0) is 10.1. The first-order valence-corrected chi connectivity index (χ1v) is 5.54. The summed E-state index contributed by atoms with van der Waals surface area (Å²) in [7, 11) is 0. The maximum Gasteiger partial charge on any atom is 0.0548 e. The van der Waals surface area contributed by atoms with Crippen molar-refractivity contribution in [3.63, 3.8) is 0 Å². The minimum Gasteiger partial charge on any atom is -0.264 e. The fourth-order valence-corrected chi connectivity index (χ4v) is 2.47. The molecule has 0 bridgehead atoms. The molecule has 14 heavy (non-hydrogen) atoms. The SMILES string of the molecule is Cc1cncc(-c2cc(Cl)c(C)s2)c1. The summed E-state index contributed by atoms with van der Waals surface area (Å²) in [6, 6.07) is 4.12. The number of aromatic nitrogens is 1. The lowest BCUT2D eigenvalue weighted by atomic mass is 10.2. The van der Waals surface area contributed by atoms with Crippen molar-refractivity contribution in [2.24, 2.45) is 0 Å². The second-order valence-corrected chi connectivity index (χ2v) is 4.93. The summed E-state index contributed by atoms with van der Waals surface area (Å²) in [6.45, 7) is 4.07. The van der Waals surface area contributed by atoms with Crippen LogP contribution in [-0.4, -0.2) is 4.98 Å². The van der Waals surface area contributed by atoms with Gasteiger partial charge in [0.1, 0.15) is 0 Å². The van der Waals surface area contributed by atoms with E-state index in [-0.39, 0.29) is 0 Å². The summed E-state index contributed by atoms with van der Waals surface area (Å²) in [5.74, 6) is 0. The fraction of sp³-hybridized carbons (Fsp3) is 0.182. The lowest BCUT2D eigenvalue weighted by Gasteiger charge is -1.96. The molecule has 0 atom stereocenters. The third kappa shape index (κ3) is 1.81. The molecule has 0 aliphatic rings. The topological polar surface area (TPSA) is 12.9 Å². The van der Waals surface area contributed by atoms with Crippen molar-refractivity contribution in [2.45, 2.75) is 13.8 Å². The predicted octanol–water partition coefficient (Wildman–Crippen LogP) is 4.08. The molecule has 0 N–H and O–H groups in total. The van der Waals surface area contributed by atoms with Crippen LogP contribution < -0.4 is 0 Å². The Labute approximate surface area is 92.4 Å². The van der Waals surface area contributed by atoms with Crippen LogP contribution in [-0.2, 0) is 0 Å². The highest BCUT2D eigenvalue weighted by Crippen LogP contribution is 2.33. The number of thiophene rings is 1. The van der Waals surface area contributed by atoms with Crippen LogP contribution in [0.15, 0.2) is 24.5 Å². The van der Waals surface area contributed by atoms with Gasteiger partial charge in [0.2, 0.25) is 0 Å². The molecule has 2 aromatic rings. The highest BCUT2D eigenvalue weighted by atomic mass is 35.5. The lowest BCUT2D eigenvalue weighted by Crippen LogP contribution is -1.78. The number of aryl methyl sites for hydroxylation is 2. The molecule has 0 saturated carbocycles. The number of halogens is 1. The average molecular weight is 224 g/mol. The van der Waals surface area contributed by atoms with E-state index in [1.807, 2.05) is 32.3 Å². The van der Waals surface area contributed by atoms with Crippen molar-refractivity contribution in [3.05, 3.63) is 40.0 Å². The van der Waals surface area contributed by atoms with Gasteiger partial charge in [-0.1, -0.05) is 11.6 Å². The van der Waals surface area contributed by atoms with Gasteiger partial charge < -0.3 is 0 Å². The third-order valence-corrected chi connectivity index (χ3v) is 3.62. The Balaban J connectivity index is 2.49. The van der Waals surface area contributed by atoms with Crippen molar-refractivity contribution in [2.75, 3.05) is 0 Å². The minimum atomic E-state index is 0.839. The quantitative estimate of drug-likeness (QED) is 0.710. The molecule has 0 saturated heterocycles. The van der Waals surface area contributed by atoms with Gasteiger partial charge in [0, 0.05) is 27.7 Å². The summed E-state index contributed by atoms with van der Waals surface area (Å²) >= 11 is 7.71. The van der Waals surface area contributed by atoms with Crippen LogP contribution in [0.2, 0.25) is 5.02 Å². The van der Waals surface area contributed by atoms with Crippen molar-refractivity contribution in [3.8, 4) is 10.4 Å². The van der Waals surface area contributed by atoms with Gasteiger partial charge in [-0.05, 0) is 31.5 Å². The van der Waals surface area contributed by atoms with Crippen LogP contribution in [0.25, 0.3) is 10.4 Å². The molecule has 2 aromatic heterocycles. The Morgan fingerprint density at radius 3 is 2.57 bits per heavy atom. The van der Waals surface area contributed by atoms with Crippen molar-refractivity contribution < 1.29 is 0 Å². The zero-order valence-corrected chi connectivity index (χ0v) is 9.62. The Bertz CT molecular complexity index is 443. The van der Waals surface area contributed by atoms with E-state index in [1.54, 1.807) is 11.3 Å². The number of hydrogen-bond acceptors (Lipinski definition) is 2. The van der Waals surface area contributed by atoms with E-state index in [9.17, 15) is 0 Å². The van der Waals surface area contributed by atoms with Crippen LogP contribution in [0.5, 0.6) is 0 Å². The largest absolute Gasteiger partial charge is 0.264 e. The molecule has 0 amide bonds. The van der Waals surface area contributed by atoms with E-state index in [0.717, 1.165) is 15.5 Å². The molecule has 0 unspecified atom stereocenters. The third-order valence-electron chi connectivity index (χ3n) is 2.02. The van der Waals surface area contributed by atoms with Gasteiger partial charge in [-0.2, -0.15) is 0 Å². The standard InChI is InChI=1S/C11H10ClNS/c1-7-3-9(6-13-5-7)11-4-10(12)8(2)14-11/h3-6H,1-2H3. The Hall–Kier alpha value is -0.860. The average Bonchev–Trinajstić information content (AvgIpc) is 2.47. The maximum atomic E-state index is 6.01. The minimum absolute atomic E-state index is 0.839. The van der Waals surface area contributed by atoms with Gasteiger partial charge in [-0.15, -0.1) is 11.3 Å². The predicted molar refractivity (Wildman–Crippen MR) is 62.0 cm³/mol. The molecule has 0 aromatic carbocycles. The zero-order valence-electron chi connectivity index (χ0n) is 8.04. The number of rotatable bonds is 1. The Morgan fingerprint density at radius 2 is 2.00 bits per heavy atom. The number of hydrogen-bond donors (Lipinski definition) is 0. The van der Waals surface area contributed by atoms with E-state index >= 15 is 0 Å². The first-order chi connectivity index (χ1) is 6.66. The normalized spacial score (nSPS) is 10.5. The number of pyridine rings is 1. The first kappa shape index (κ1) is 9.69. The van der Waals surface area contributed by atoms with Crippen molar-refractivity contribution in [1.82, 2.24) is 4.98 Å². The molecule has 0 aliphatic carbocycles. The second kappa shape index (κ2) is 3.71. The highest BCUT2D eigenvalue weighted by Gasteiger charge is 2.05. The molecule has 0 fully saturated rings. The maximum absolute atomic E-state index is 6.01. The molecular weight excluding hydrogens is 214 g/mol. The highest BCUT2D eigenvalue weighted by molar-refractivity contribution is 7.16. The van der Waals surface area contributed by atoms with E-state index in [2.05, 4.69) is 11.1 Å². The van der Waals surface area contributed by atoms with Crippen LogP contribution in [0, 0.1) is 13.8 Å². The van der Waals surface area contributed by atoms with Crippen LogP contribution >= 0.6 is 22.9 Å². The van der Waals surface area contributed by atoms with Gasteiger partial charge >= 0.3 is 0 Å². The first-order valence-electron chi connectivity index (χ1n) is 4.35. The number of nitrogens with zero attached hydrogens (tertiary/aromatic N) is 1. The fourth-order valence-electron chi connectivity index (χ4n) is 1.29. The van der Waals surface area contributed by atoms with Gasteiger partial charge in [-0.3, -0.25) is 4.98 Å². The molecule has 3 heteroatoms. The molecule has 0 aliphatic heterocycles. The molecule has 1 nitrogen and oxygen atoms in total. The molecule has 0 spiro atoms.